The van der Waals surface area contributed by atoms with Crippen molar-refractivity contribution in [3.05, 3.63) is 95.8 Å². The highest BCUT2D eigenvalue weighted by Gasteiger charge is 2.29. The first-order valence-electron chi connectivity index (χ1n) is 11.4. The van der Waals surface area contributed by atoms with Gasteiger partial charge in [0.05, 0.1) is 18.8 Å². The number of rotatable bonds is 6. The van der Waals surface area contributed by atoms with E-state index in [0.717, 1.165) is 11.6 Å². The molecule has 35 heavy (non-hydrogen) atoms. The molecule has 0 bridgehead atoms. The van der Waals surface area contributed by atoms with Crippen molar-refractivity contribution in [2.24, 2.45) is 0 Å². The van der Waals surface area contributed by atoms with Crippen molar-refractivity contribution in [2.45, 2.75) is 38.0 Å². The molecule has 3 unspecified atom stereocenters. The number of amides is 2. The second kappa shape index (κ2) is 12.4. The molecule has 1 aliphatic heterocycles. The standard InChI is InChI=1S/C21H24F2N2O3.C6H5F/c1-13(25-9-8-17(24-21(25)28)11-18(27)12-26)14-2-4-15(5-3-14)19-7-6-16(22)10-20(19)23;7-6-4-2-1-3-5-6/h2-7,10,13,17-18,26-27H,8-9,11-12H2,1H3,(H,24,28);1-5H. The SMILES string of the molecule is CC(c1ccc(-c2ccc(F)cc2F)cc1)N1CCC(CC(O)CO)NC1=O.Fc1ccccc1. The van der Waals surface area contributed by atoms with Gasteiger partial charge in [0.25, 0.3) is 0 Å². The number of benzene rings is 3. The molecule has 8 heteroatoms. The number of carbonyl (C=O) groups excluding carboxylic acids is 1. The van der Waals surface area contributed by atoms with E-state index in [1.807, 2.05) is 19.1 Å². The van der Waals surface area contributed by atoms with Crippen LogP contribution < -0.4 is 5.32 Å². The molecule has 3 N–H and O–H groups in total. The van der Waals surface area contributed by atoms with Crippen LogP contribution in [0.15, 0.2) is 72.8 Å². The van der Waals surface area contributed by atoms with Crippen LogP contribution in [0.4, 0.5) is 18.0 Å². The maximum atomic E-state index is 14.0. The Bertz CT molecular complexity index is 1100. The second-order valence-electron chi connectivity index (χ2n) is 8.42. The molecule has 5 nitrogen and oxygen atoms in total. The van der Waals surface area contributed by atoms with Gasteiger partial charge < -0.3 is 20.4 Å². The first kappa shape index (κ1) is 26.2. The number of hydrogen-bond donors (Lipinski definition) is 3. The van der Waals surface area contributed by atoms with Crippen molar-refractivity contribution in [3.63, 3.8) is 0 Å². The molecule has 1 saturated heterocycles. The van der Waals surface area contributed by atoms with Gasteiger partial charge in [0, 0.05) is 24.2 Å². The third-order valence-electron chi connectivity index (χ3n) is 5.91. The van der Waals surface area contributed by atoms with Gasteiger partial charge in [-0.3, -0.25) is 0 Å². The lowest BCUT2D eigenvalue weighted by atomic mass is 9.99. The maximum absolute atomic E-state index is 14.0. The van der Waals surface area contributed by atoms with Gasteiger partial charge in [-0.2, -0.15) is 0 Å². The van der Waals surface area contributed by atoms with E-state index in [1.54, 1.807) is 35.2 Å². The highest BCUT2D eigenvalue weighted by atomic mass is 19.1. The first-order chi connectivity index (χ1) is 16.8. The number of aliphatic hydroxyl groups excluding tert-OH is 2. The minimum absolute atomic E-state index is 0.165. The molecule has 1 heterocycles. The Morgan fingerprint density at radius 3 is 2.23 bits per heavy atom. The molecule has 0 aromatic heterocycles. The Morgan fingerprint density at radius 1 is 1.00 bits per heavy atom. The average Bonchev–Trinajstić information content (AvgIpc) is 2.85. The summed E-state index contributed by atoms with van der Waals surface area (Å²) in [6.45, 7) is 2.12. The van der Waals surface area contributed by atoms with E-state index in [2.05, 4.69) is 5.32 Å². The number of carbonyl (C=O) groups is 1. The van der Waals surface area contributed by atoms with Crippen LogP contribution in [-0.2, 0) is 0 Å². The van der Waals surface area contributed by atoms with Crippen LogP contribution in [0.25, 0.3) is 11.1 Å². The van der Waals surface area contributed by atoms with E-state index in [0.29, 0.717) is 30.5 Å². The third kappa shape index (κ3) is 7.31. The van der Waals surface area contributed by atoms with Crippen molar-refractivity contribution in [3.8, 4) is 11.1 Å². The molecule has 3 aromatic carbocycles. The van der Waals surface area contributed by atoms with Crippen LogP contribution in [-0.4, -0.2) is 46.4 Å². The highest BCUT2D eigenvalue weighted by molar-refractivity contribution is 5.76. The summed E-state index contributed by atoms with van der Waals surface area (Å²) in [6, 6.07) is 18.0. The predicted octanol–water partition coefficient (Wildman–Crippen LogP) is 5.05. The zero-order valence-electron chi connectivity index (χ0n) is 19.4. The number of halogens is 3. The van der Waals surface area contributed by atoms with Crippen molar-refractivity contribution in [1.29, 1.82) is 0 Å². The summed E-state index contributed by atoms with van der Waals surface area (Å²) in [4.78, 5) is 14.1. The second-order valence-corrected chi connectivity index (χ2v) is 8.42. The van der Waals surface area contributed by atoms with Crippen LogP contribution in [0.1, 0.15) is 31.4 Å². The van der Waals surface area contributed by atoms with E-state index in [9.17, 15) is 23.1 Å². The number of urea groups is 1. The van der Waals surface area contributed by atoms with E-state index in [1.165, 1.54) is 24.3 Å². The van der Waals surface area contributed by atoms with Crippen molar-refractivity contribution in [2.75, 3.05) is 13.2 Å². The number of hydrogen-bond acceptors (Lipinski definition) is 3. The summed E-state index contributed by atoms with van der Waals surface area (Å²) in [5.74, 6) is -1.41. The molecule has 3 atom stereocenters. The molecule has 3 aromatic rings. The maximum Gasteiger partial charge on any atom is 0.318 e. The van der Waals surface area contributed by atoms with Crippen molar-refractivity contribution in [1.82, 2.24) is 10.2 Å². The van der Waals surface area contributed by atoms with Crippen LogP contribution in [0.3, 0.4) is 0 Å². The normalized spacial score (nSPS) is 17.1. The Morgan fingerprint density at radius 2 is 1.69 bits per heavy atom. The Hall–Kier alpha value is -3.36. The quantitative estimate of drug-likeness (QED) is 0.457. The minimum Gasteiger partial charge on any atom is -0.394 e. The van der Waals surface area contributed by atoms with Crippen LogP contribution in [0.5, 0.6) is 0 Å². The molecule has 0 aliphatic carbocycles. The van der Waals surface area contributed by atoms with E-state index in [4.69, 9.17) is 5.11 Å². The van der Waals surface area contributed by atoms with Crippen molar-refractivity contribution >= 4 is 6.03 Å². The van der Waals surface area contributed by atoms with Gasteiger partial charge in [0.1, 0.15) is 17.5 Å². The fraction of sp³-hybridized carbons (Fsp3) is 0.296. The molecular formula is C27H29F3N2O3. The number of nitrogens with one attached hydrogen (secondary N) is 1. The molecular weight excluding hydrogens is 457 g/mol. The molecule has 0 spiro atoms. The number of aliphatic hydroxyl groups is 2. The lowest BCUT2D eigenvalue weighted by Crippen LogP contribution is -2.53. The average molecular weight is 487 g/mol. The smallest absolute Gasteiger partial charge is 0.318 e. The van der Waals surface area contributed by atoms with E-state index >= 15 is 0 Å². The van der Waals surface area contributed by atoms with Crippen molar-refractivity contribution < 1.29 is 28.2 Å². The largest absolute Gasteiger partial charge is 0.394 e. The zero-order chi connectivity index (χ0) is 25.4. The first-order valence-corrected chi connectivity index (χ1v) is 11.4. The topological polar surface area (TPSA) is 72.8 Å². The van der Waals surface area contributed by atoms with E-state index in [-0.39, 0.29) is 30.5 Å². The Kier molecular flexibility index (Phi) is 9.28. The molecule has 4 rings (SSSR count). The van der Waals surface area contributed by atoms with Gasteiger partial charge in [0.2, 0.25) is 0 Å². The van der Waals surface area contributed by atoms with Gasteiger partial charge >= 0.3 is 6.03 Å². The minimum atomic E-state index is -0.839. The third-order valence-corrected chi connectivity index (χ3v) is 5.91. The fourth-order valence-electron chi connectivity index (χ4n) is 3.93. The molecule has 1 aliphatic rings. The molecule has 0 radical (unpaired) electrons. The fourth-order valence-corrected chi connectivity index (χ4v) is 3.93. The number of nitrogens with zero attached hydrogens (tertiary/aromatic N) is 1. The summed E-state index contributed by atoms with van der Waals surface area (Å²) < 4.78 is 38.9. The summed E-state index contributed by atoms with van der Waals surface area (Å²) in [6.07, 6.45) is 0.155. The Labute approximate surface area is 202 Å². The summed E-state index contributed by atoms with van der Waals surface area (Å²) >= 11 is 0. The van der Waals surface area contributed by atoms with E-state index < -0.39 is 17.7 Å². The summed E-state index contributed by atoms with van der Waals surface area (Å²) in [7, 11) is 0. The van der Waals surface area contributed by atoms with Crippen LogP contribution >= 0.6 is 0 Å². The lowest BCUT2D eigenvalue weighted by molar-refractivity contribution is 0.0715. The Balaban J connectivity index is 0.000000420. The lowest BCUT2D eigenvalue weighted by Gasteiger charge is -2.37. The molecule has 1 fully saturated rings. The molecule has 0 saturated carbocycles. The predicted molar refractivity (Wildman–Crippen MR) is 128 cm³/mol. The summed E-state index contributed by atoms with van der Waals surface area (Å²) in [5, 5.41) is 21.3. The molecule has 186 valence electrons. The highest BCUT2D eigenvalue weighted by Crippen LogP contribution is 2.28. The van der Waals surface area contributed by atoms with Crippen LogP contribution in [0, 0.1) is 17.5 Å². The van der Waals surface area contributed by atoms with Gasteiger partial charge in [-0.15, -0.1) is 0 Å². The molecule has 2 amide bonds. The van der Waals surface area contributed by atoms with Crippen LogP contribution in [0.2, 0.25) is 0 Å². The van der Waals surface area contributed by atoms with Gasteiger partial charge in [0.15, 0.2) is 0 Å². The van der Waals surface area contributed by atoms with Gasteiger partial charge in [-0.1, -0.05) is 42.5 Å². The summed E-state index contributed by atoms with van der Waals surface area (Å²) in [5.41, 5.74) is 1.85. The zero-order valence-corrected chi connectivity index (χ0v) is 19.4. The van der Waals surface area contributed by atoms with Gasteiger partial charge in [-0.05, 0) is 55.2 Å². The monoisotopic (exact) mass is 486 g/mol. The van der Waals surface area contributed by atoms with Gasteiger partial charge in [-0.25, -0.2) is 18.0 Å².